The summed E-state index contributed by atoms with van der Waals surface area (Å²) in [6, 6.07) is 7.53. The summed E-state index contributed by atoms with van der Waals surface area (Å²) < 4.78 is 14.2. The number of hydrogen-bond donors (Lipinski definition) is 1. The predicted octanol–water partition coefficient (Wildman–Crippen LogP) is 3.05. The summed E-state index contributed by atoms with van der Waals surface area (Å²) in [5.74, 6) is 1.88. The van der Waals surface area contributed by atoms with Gasteiger partial charge in [-0.3, -0.25) is 4.79 Å². The maximum Gasteiger partial charge on any atom is 0.264 e. The number of methoxy groups -OCH3 is 1. The average molecular weight is 387 g/mol. The second-order valence-corrected chi connectivity index (χ2v) is 6.75. The van der Waals surface area contributed by atoms with E-state index in [4.69, 9.17) is 9.26 Å². The van der Waals surface area contributed by atoms with Crippen molar-refractivity contribution < 1.29 is 14.1 Å². The zero-order valence-corrected chi connectivity index (χ0v) is 16.1. The third-order valence-electron chi connectivity index (χ3n) is 4.03. The van der Waals surface area contributed by atoms with Crippen LogP contribution in [0.4, 0.5) is 0 Å². The number of benzene rings is 1. The van der Waals surface area contributed by atoms with E-state index < -0.39 is 0 Å². The van der Waals surface area contributed by atoms with Gasteiger partial charge in [0.1, 0.15) is 10.6 Å². The molecule has 0 aliphatic heterocycles. The molecule has 3 rings (SSSR count). The number of nitrogens with one attached hydrogen (secondary N) is 1. The quantitative estimate of drug-likeness (QED) is 0.563. The normalized spacial score (nSPS) is 10.7. The Hall–Kier alpha value is -2.81. The Morgan fingerprint density at radius 2 is 2.04 bits per heavy atom. The van der Waals surface area contributed by atoms with Crippen LogP contribution >= 0.6 is 11.5 Å². The van der Waals surface area contributed by atoms with Gasteiger partial charge >= 0.3 is 0 Å². The first-order chi connectivity index (χ1) is 13.2. The first-order valence-corrected chi connectivity index (χ1v) is 9.49. The van der Waals surface area contributed by atoms with Gasteiger partial charge < -0.3 is 14.6 Å². The Bertz CT molecular complexity index is 875. The Balaban J connectivity index is 1.36. The van der Waals surface area contributed by atoms with Crippen LogP contribution in [0.15, 0.2) is 28.8 Å². The van der Waals surface area contributed by atoms with Crippen LogP contribution in [0.3, 0.4) is 0 Å². The number of rotatable bonds is 9. The molecule has 0 atom stereocenters. The first-order valence-electron chi connectivity index (χ1n) is 8.71. The second kappa shape index (κ2) is 9.22. The SMILES string of the molecule is COc1ccc(-c2noc(CCCCCNC(=O)c3snnc3C)n2)cc1. The van der Waals surface area contributed by atoms with Gasteiger partial charge in [0.2, 0.25) is 11.7 Å². The molecule has 0 saturated carbocycles. The zero-order valence-electron chi connectivity index (χ0n) is 15.3. The molecule has 0 spiro atoms. The lowest BCUT2D eigenvalue weighted by Gasteiger charge is -2.03. The van der Waals surface area contributed by atoms with Crippen LogP contribution in [-0.4, -0.2) is 39.3 Å². The number of carbonyl (C=O) groups excluding carboxylic acids is 1. The lowest BCUT2D eigenvalue weighted by molar-refractivity contribution is 0.0956. The number of unbranched alkanes of at least 4 members (excludes halogenated alkanes) is 2. The third kappa shape index (κ3) is 5.10. The summed E-state index contributed by atoms with van der Waals surface area (Å²) >= 11 is 1.12. The molecule has 0 saturated heterocycles. The average Bonchev–Trinajstić information content (AvgIpc) is 3.33. The first kappa shape index (κ1) is 19.0. The molecule has 9 heteroatoms. The van der Waals surface area contributed by atoms with E-state index in [0.717, 1.165) is 48.5 Å². The van der Waals surface area contributed by atoms with Crippen LogP contribution in [0, 0.1) is 6.92 Å². The molecule has 1 aromatic carbocycles. The van der Waals surface area contributed by atoms with E-state index in [0.29, 0.717) is 28.8 Å². The number of ether oxygens (including phenoxy) is 1. The molecule has 142 valence electrons. The van der Waals surface area contributed by atoms with E-state index in [1.807, 2.05) is 24.3 Å². The smallest absolute Gasteiger partial charge is 0.264 e. The van der Waals surface area contributed by atoms with Gasteiger partial charge in [0.15, 0.2) is 0 Å². The van der Waals surface area contributed by atoms with Gasteiger partial charge in [-0.25, -0.2) is 0 Å². The van der Waals surface area contributed by atoms with Crippen LogP contribution in [0.25, 0.3) is 11.4 Å². The maximum atomic E-state index is 11.9. The van der Waals surface area contributed by atoms with E-state index in [1.54, 1.807) is 14.0 Å². The van der Waals surface area contributed by atoms with Crippen LogP contribution < -0.4 is 10.1 Å². The van der Waals surface area contributed by atoms with Crippen molar-refractivity contribution in [2.45, 2.75) is 32.6 Å². The highest BCUT2D eigenvalue weighted by atomic mass is 32.1. The summed E-state index contributed by atoms with van der Waals surface area (Å²) in [4.78, 5) is 16.9. The van der Waals surface area contributed by atoms with Crippen LogP contribution in [-0.2, 0) is 6.42 Å². The van der Waals surface area contributed by atoms with Crippen LogP contribution in [0.1, 0.15) is 40.5 Å². The number of nitrogens with zero attached hydrogens (tertiary/aromatic N) is 4. The molecule has 1 amide bonds. The van der Waals surface area contributed by atoms with Crippen molar-refractivity contribution in [1.82, 2.24) is 25.0 Å². The third-order valence-corrected chi connectivity index (χ3v) is 4.85. The van der Waals surface area contributed by atoms with Gasteiger partial charge in [0, 0.05) is 18.5 Å². The fraction of sp³-hybridized carbons (Fsp3) is 0.389. The Labute approximate surface area is 161 Å². The minimum absolute atomic E-state index is 0.108. The number of carbonyl (C=O) groups is 1. The number of hydrogen-bond acceptors (Lipinski definition) is 8. The second-order valence-electron chi connectivity index (χ2n) is 5.99. The molecule has 1 N–H and O–H groups in total. The van der Waals surface area contributed by atoms with Crippen LogP contribution in [0.5, 0.6) is 5.75 Å². The van der Waals surface area contributed by atoms with Crippen molar-refractivity contribution in [3.8, 4) is 17.1 Å². The molecular formula is C18H21N5O3S. The van der Waals surface area contributed by atoms with E-state index in [9.17, 15) is 4.79 Å². The summed E-state index contributed by atoms with van der Waals surface area (Å²) in [5, 5.41) is 10.8. The molecule has 0 radical (unpaired) electrons. The van der Waals surface area contributed by atoms with Crippen molar-refractivity contribution >= 4 is 17.4 Å². The summed E-state index contributed by atoms with van der Waals surface area (Å²) in [7, 11) is 1.63. The molecule has 0 aliphatic rings. The molecule has 0 fully saturated rings. The fourth-order valence-corrected chi connectivity index (χ4v) is 3.09. The van der Waals surface area contributed by atoms with E-state index in [2.05, 4.69) is 25.0 Å². The van der Waals surface area contributed by atoms with Gasteiger partial charge in [-0.2, -0.15) is 4.98 Å². The molecule has 8 nitrogen and oxygen atoms in total. The van der Waals surface area contributed by atoms with Gasteiger partial charge in [-0.1, -0.05) is 16.1 Å². The molecule has 0 aliphatic carbocycles. The van der Waals surface area contributed by atoms with Gasteiger partial charge in [0.25, 0.3) is 5.91 Å². The fourth-order valence-electron chi connectivity index (χ4n) is 2.51. The highest BCUT2D eigenvalue weighted by molar-refractivity contribution is 7.07. The van der Waals surface area contributed by atoms with Gasteiger partial charge in [0.05, 0.1) is 12.8 Å². The highest BCUT2D eigenvalue weighted by Crippen LogP contribution is 2.20. The summed E-state index contributed by atoms with van der Waals surface area (Å²) in [6.07, 6.45) is 3.48. The van der Waals surface area contributed by atoms with Gasteiger partial charge in [-0.15, -0.1) is 5.10 Å². The van der Waals surface area contributed by atoms with Gasteiger partial charge in [-0.05, 0) is 55.6 Å². The minimum Gasteiger partial charge on any atom is -0.497 e. The Morgan fingerprint density at radius 3 is 2.74 bits per heavy atom. The lowest BCUT2D eigenvalue weighted by atomic mass is 10.2. The zero-order chi connectivity index (χ0) is 19.1. The topological polar surface area (TPSA) is 103 Å². The minimum atomic E-state index is -0.108. The molecule has 2 aromatic heterocycles. The Morgan fingerprint density at radius 1 is 1.22 bits per heavy atom. The molecule has 2 heterocycles. The summed E-state index contributed by atoms with van der Waals surface area (Å²) in [6.45, 7) is 2.40. The monoisotopic (exact) mass is 387 g/mol. The highest BCUT2D eigenvalue weighted by Gasteiger charge is 2.12. The van der Waals surface area contributed by atoms with Crippen LogP contribution in [0.2, 0.25) is 0 Å². The number of amides is 1. The van der Waals surface area contributed by atoms with E-state index >= 15 is 0 Å². The van der Waals surface area contributed by atoms with E-state index in [1.165, 1.54) is 0 Å². The number of aryl methyl sites for hydroxylation is 2. The lowest BCUT2D eigenvalue weighted by Crippen LogP contribution is -2.24. The summed E-state index contributed by atoms with van der Waals surface area (Å²) in [5.41, 5.74) is 1.56. The van der Waals surface area contributed by atoms with Crippen molar-refractivity contribution in [2.24, 2.45) is 0 Å². The van der Waals surface area contributed by atoms with Crippen molar-refractivity contribution in [3.05, 3.63) is 40.7 Å². The van der Waals surface area contributed by atoms with E-state index in [-0.39, 0.29) is 5.91 Å². The van der Waals surface area contributed by atoms with Crippen molar-refractivity contribution in [2.75, 3.05) is 13.7 Å². The largest absolute Gasteiger partial charge is 0.497 e. The number of aromatic nitrogens is 4. The van der Waals surface area contributed by atoms with Crippen molar-refractivity contribution in [3.63, 3.8) is 0 Å². The standard InChI is InChI=1S/C18H21N5O3S/c1-12-16(27-23-21-12)18(24)19-11-5-3-4-6-15-20-17(22-26-15)13-7-9-14(25-2)10-8-13/h7-10H,3-6,11H2,1-2H3,(H,19,24). The Kier molecular flexibility index (Phi) is 6.48. The molecule has 0 unspecified atom stereocenters. The molecular weight excluding hydrogens is 366 g/mol. The molecule has 0 bridgehead atoms. The molecule has 3 aromatic rings. The van der Waals surface area contributed by atoms with Crippen molar-refractivity contribution in [1.29, 1.82) is 0 Å². The molecule has 27 heavy (non-hydrogen) atoms. The maximum absolute atomic E-state index is 11.9. The predicted molar refractivity (Wildman–Crippen MR) is 101 cm³/mol.